The van der Waals surface area contributed by atoms with Crippen molar-refractivity contribution >= 4 is 46.6 Å². The minimum Gasteiger partial charge on any atom is -0.494 e. The smallest absolute Gasteiger partial charge is 0.338 e. The number of allylic oxidation sites excluding steroid dienone is 1. The second kappa shape index (κ2) is 10.4. The van der Waals surface area contributed by atoms with Crippen molar-refractivity contribution in [3.05, 3.63) is 94.6 Å². The van der Waals surface area contributed by atoms with Gasteiger partial charge >= 0.3 is 5.97 Å². The van der Waals surface area contributed by atoms with E-state index in [1.807, 2.05) is 31.2 Å². The normalized spacial score (nSPS) is 15.7. The molecule has 4 rings (SSSR count). The molecule has 1 aliphatic rings. The minimum atomic E-state index is -0.704. The second-order valence-corrected chi connectivity index (χ2v) is 9.98. The lowest BCUT2D eigenvalue weighted by molar-refractivity contribution is -0.143. The van der Waals surface area contributed by atoms with Crippen molar-refractivity contribution in [3.8, 4) is 5.75 Å². The molecule has 0 unspecified atom stereocenters. The van der Waals surface area contributed by atoms with Crippen LogP contribution in [-0.4, -0.2) is 23.2 Å². The number of hydrogen-bond donors (Lipinski definition) is 0. The van der Waals surface area contributed by atoms with Gasteiger partial charge < -0.3 is 9.47 Å². The minimum absolute atomic E-state index is 0.286. The largest absolute Gasteiger partial charge is 0.494 e. The van der Waals surface area contributed by atoms with Crippen LogP contribution in [-0.2, 0) is 9.53 Å². The number of carbonyl (C=O) groups is 1. The van der Waals surface area contributed by atoms with E-state index in [9.17, 15) is 9.59 Å². The van der Waals surface area contributed by atoms with Gasteiger partial charge in [-0.1, -0.05) is 58.8 Å². The maximum atomic E-state index is 13.7. The number of carbonyl (C=O) groups excluding carboxylic acids is 1. The van der Waals surface area contributed by atoms with Crippen LogP contribution in [0, 0.1) is 0 Å². The van der Waals surface area contributed by atoms with E-state index in [1.54, 1.807) is 45.0 Å². The number of benzene rings is 2. The van der Waals surface area contributed by atoms with Gasteiger partial charge in [-0.05, 0) is 63.1 Å². The highest BCUT2D eigenvalue weighted by Gasteiger charge is 2.33. The lowest BCUT2D eigenvalue weighted by Gasteiger charge is -2.25. The molecule has 0 saturated carbocycles. The summed E-state index contributed by atoms with van der Waals surface area (Å²) in [6.45, 7) is 7.76. The molecule has 9 heteroatoms. The van der Waals surface area contributed by atoms with Gasteiger partial charge in [0, 0.05) is 0 Å². The van der Waals surface area contributed by atoms with Crippen LogP contribution < -0.4 is 19.6 Å². The summed E-state index contributed by atoms with van der Waals surface area (Å²) in [5.74, 6) is 0.193. The average Bonchev–Trinajstić information content (AvgIpc) is 3.10. The lowest BCUT2D eigenvalue weighted by atomic mass is 9.96. The van der Waals surface area contributed by atoms with E-state index in [0.717, 1.165) is 5.56 Å². The molecular weight excluding hydrogens is 507 g/mol. The molecule has 1 atom stereocenters. The highest BCUT2D eigenvalue weighted by Crippen LogP contribution is 2.32. The highest BCUT2D eigenvalue weighted by molar-refractivity contribution is 7.07. The quantitative estimate of drug-likeness (QED) is 0.425. The van der Waals surface area contributed by atoms with Gasteiger partial charge in [-0.2, -0.15) is 0 Å². The summed E-state index contributed by atoms with van der Waals surface area (Å²) in [6, 6.07) is 11.9. The van der Waals surface area contributed by atoms with Crippen LogP contribution >= 0.6 is 34.5 Å². The SMILES string of the molecule is CCOc1ccc([C@@H]2C(C(=O)OC(C)C)=C(C)N=c3s/c(=C/c4cccc(Cl)c4Cl)c(=O)n32)cc1. The summed E-state index contributed by atoms with van der Waals surface area (Å²) < 4.78 is 13.1. The van der Waals surface area contributed by atoms with E-state index in [-0.39, 0.29) is 11.7 Å². The number of hydrogen-bond acceptors (Lipinski definition) is 6. The van der Waals surface area contributed by atoms with Crippen LogP contribution in [0.2, 0.25) is 10.0 Å². The topological polar surface area (TPSA) is 69.9 Å². The Morgan fingerprint density at radius 2 is 1.91 bits per heavy atom. The number of aromatic nitrogens is 1. The molecule has 6 nitrogen and oxygen atoms in total. The van der Waals surface area contributed by atoms with Crippen molar-refractivity contribution < 1.29 is 14.3 Å². The fraction of sp³-hybridized carbons (Fsp3) is 0.269. The Kier molecular flexibility index (Phi) is 7.50. The van der Waals surface area contributed by atoms with Crippen LogP contribution in [0.15, 0.2) is 63.5 Å². The third-order valence-corrected chi connectivity index (χ3v) is 7.18. The maximum Gasteiger partial charge on any atom is 0.338 e. The van der Waals surface area contributed by atoms with Crippen molar-refractivity contribution in [1.29, 1.82) is 0 Å². The summed E-state index contributed by atoms with van der Waals surface area (Å²) in [7, 11) is 0. The van der Waals surface area contributed by atoms with Crippen LogP contribution in [0.3, 0.4) is 0 Å². The number of rotatable bonds is 6. The van der Waals surface area contributed by atoms with Crippen molar-refractivity contribution in [2.45, 2.75) is 39.8 Å². The molecule has 0 spiro atoms. The summed E-state index contributed by atoms with van der Waals surface area (Å²) in [4.78, 5) is 31.9. The molecule has 0 saturated heterocycles. The fourth-order valence-electron chi connectivity index (χ4n) is 3.86. The Morgan fingerprint density at radius 3 is 2.57 bits per heavy atom. The molecule has 3 aromatic rings. The standard InChI is InChI=1S/C26H24Cl2N2O4S/c1-5-33-18-11-9-16(10-12-18)23-21(25(32)34-14(2)3)15(4)29-26-30(23)24(31)20(35-26)13-17-7-6-8-19(27)22(17)28/h6-14,23H,5H2,1-4H3/b20-13+/t23-/m1/s1. The van der Waals surface area contributed by atoms with Crippen LogP contribution in [0.5, 0.6) is 5.75 Å². The predicted octanol–water partition coefficient (Wildman–Crippen LogP) is 4.89. The molecule has 0 aliphatic carbocycles. The molecule has 2 aromatic carbocycles. The molecule has 0 bridgehead atoms. The summed E-state index contributed by atoms with van der Waals surface area (Å²) >= 11 is 13.7. The molecule has 1 aliphatic heterocycles. The van der Waals surface area contributed by atoms with Crippen LogP contribution in [0.25, 0.3) is 6.08 Å². The van der Waals surface area contributed by atoms with Gasteiger partial charge in [0.1, 0.15) is 5.75 Å². The van der Waals surface area contributed by atoms with Gasteiger partial charge in [0.2, 0.25) is 0 Å². The summed E-state index contributed by atoms with van der Waals surface area (Å²) in [5, 5.41) is 0.760. The Balaban J connectivity index is 1.93. The Labute approximate surface area is 216 Å². The maximum absolute atomic E-state index is 13.7. The number of halogens is 2. The van der Waals surface area contributed by atoms with Gasteiger partial charge in [-0.25, -0.2) is 9.79 Å². The first-order valence-electron chi connectivity index (χ1n) is 11.1. The van der Waals surface area contributed by atoms with Crippen LogP contribution in [0.1, 0.15) is 44.9 Å². The van der Waals surface area contributed by atoms with Gasteiger partial charge in [0.05, 0.1) is 44.6 Å². The van der Waals surface area contributed by atoms with Gasteiger partial charge in [-0.15, -0.1) is 0 Å². The predicted molar refractivity (Wildman–Crippen MR) is 139 cm³/mol. The van der Waals surface area contributed by atoms with E-state index in [1.165, 1.54) is 15.9 Å². The number of esters is 1. The molecule has 2 heterocycles. The molecule has 35 heavy (non-hydrogen) atoms. The van der Waals surface area contributed by atoms with Crippen molar-refractivity contribution in [3.63, 3.8) is 0 Å². The van der Waals surface area contributed by atoms with Crippen molar-refractivity contribution in [1.82, 2.24) is 4.57 Å². The Bertz CT molecular complexity index is 1490. The molecule has 0 N–H and O–H groups in total. The van der Waals surface area contributed by atoms with Gasteiger partial charge in [0.15, 0.2) is 4.80 Å². The Morgan fingerprint density at radius 1 is 1.20 bits per heavy atom. The second-order valence-electron chi connectivity index (χ2n) is 8.18. The van der Waals surface area contributed by atoms with E-state index in [4.69, 9.17) is 32.7 Å². The monoisotopic (exact) mass is 530 g/mol. The third kappa shape index (κ3) is 5.08. The van der Waals surface area contributed by atoms with E-state index in [0.29, 0.717) is 48.6 Å². The van der Waals surface area contributed by atoms with E-state index < -0.39 is 12.0 Å². The molecule has 182 valence electrons. The number of thiazole rings is 1. The number of nitrogens with zero attached hydrogens (tertiary/aromatic N) is 2. The van der Waals surface area contributed by atoms with E-state index in [2.05, 4.69) is 4.99 Å². The van der Waals surface area contributed by atoms with E-state index >= 15 is 0 Å². The molecular formula is C26H24Cl2N2O4S. The molecule has 1 aromatic heterocycles. The summed E-state index contributed by atoms with van der Waals surface area (Å²) in [6.07, 6.45) is 1.37. The Hall–Kier alpha value is -2.87. The number of ether oxygens (including phenoxy) is 2. The van der Waals surface area contributed by atoms with Crippen molar-refractivity contribution in [2.24, 2.45) is 4.99 Å². The van der Waals surface area contributed by atoms with Crippen LogP contribution in [0.4, 0.5) is 0 Å². The molecule has 0 amide bonds. The first-order chi connectivity index (χ1) is 16.7. The highest BCUT2D eigenvalue weighted by atomic mass is 35.5. The third-order valence-electron chi connectivity index (χ3n) is 5.36. The summed E-state index contributed by atoms with van der Waals surface area (Å²) in [5.41, 5.74) is 1.90. The zero-order valence-electron chi connectivity index (χ0n) is 19.7. The first-order valence-corrected chi connectivity index (χ1v) is 12.7. The fourth-order valence-corrected chi connectivity index (χ4v) is 5.26. The van der Waals surface area contributed by atoms with Crippen molar-refractivity contribution in [2.75, 3.05) is 6.61 Å². The zero-order chi connectivity index (χ0) is 25.3. The lowest BCUT2D eigenvalue weighted by Crippen LogP contribution is -2.40. The molecule has 0 fully saturated rings. The zero-order valence-corrected chi connectivity index (χ0v) is 22.0. The first kappa shape index (κ1) is 25.2. The van der Waals surface area contributed by atoms with Gasteiger partial charge in [-0.3, -0.25) is 9.36 Å². The number of fused-ring (bicyclic) bond motifs is 1. The molecule has 0 radical (unpaired) electrons. The van der Waals surface area contributed by atoms with Gasteiger partial charge in [0.25, 0.3) is 5.56 Å². The average molecular weight is 531 g/mol.